The average molecular weight is 286 g/mol. The van der Waals surface area contributed by atoms with Gasteiger partial charge in [0.05, 0.1) is 4.47 Å². The lowest BCUT2D eigenvalue weighted by atomic mass is 9.72. The van der Waals surface area contributed by atoms with E-state index in [1.54, 1.807) is 0 Å². The highest BCUT2D eigenvalue weighted by atomic mass is 79.9. The zero-order chi connectivity index (χ0) is 11.8. The molecule has 5 heteroatoms. The van der Waals surface area contributed by atoms with Crippen molar-refractivity contribution >= 4 is 22.0 Å². The van der Waals surface area contributed by atoms with Gasteiger partial charge in [-0.1, -0.05) is 0 Å². The van der Waals surface area contributed by atoms with Crippen LogP contribution >= 0.6 is 15.9 Å². The van der Waals surface area contributed by atoms with Gasteiger partial charge in [0.1, 0.15) is 17.1 Å². The molecule has 0 heterocycles. The maximum absolute atomic E-state index is 13.1. The second-order valence-corrected chi connectivity index (χ2v) is 4.73. The maximum atomic E-state index is 13.1. The quantitative estimate of drug-likeness (QED) is 0.671. The molecule has 0 saturated heterocycles. The Labute approximate surface area is 100 Å². The van der Waals surface area contributed by atoms with Crippen LogP contribution in [0.3, 0.4) is 0 Å². The summed E-state index contributed by atoms with van der Waals surface area (Å²) in [6.45, 7) is 0. The molecular weight excluding hydrogens is 277 g/mol. The normalized spacial score (nSPS) is 17.4. The highest BCUT2D eigenvalue weighted by Crippen LogP contribution is 2.48. The van der Waals surface area contributed by atoms with Gasteiger partial charge in [0.25, 0.3) is 0 Å². The second-order valence-electron chi connectivity index (χ2n) is 3.87. The standard InChI is InChI=1S/C11H9BrFNO2/c12-8-4-7(10(16)5-9(8)13)11(14-6-15)2-1-3-11/h4-5,16H,1-3H2. The van der Waals surface area contributed by atoms with Gasteiger partial charge in [-0.05, 0) is 41.3 Å². The molecule has 2 rings (SSSR count). The third-order valence-electron chi connectivity index (χ3n) is 2.98. The molecule has 1 aromatic carbocycles. The Hall–Kier alpha value is -1.19. The zero-order valence-electron chi connectivity index (χ0n) is 8.33. The molecule has 1 N–H and O–H groups in total. The Morgan fingerprint density at radius 3 is 2.69 bits per heavy atom. The number of carbonyl (C=O) groups excluding carboxylic acids is 1. The Balaban J connectivity index is 2.54. The molecule has 0 aliphatic heterocycles. The topological polar surface area (TPSA) is 49.7 Å². The van der Waals surface area contributed by atoms with Crippen molar-refractivity contribution in [1.29, 1.82) is 0 Å². The molecule has 0 bridgehead atoms. The van der Waals surface area contributed by atoms with Gasteiger partial charge >= 0.3 is 0 Å². The van der Waals surface area contributed by atoms with Crippen LogP contribution in [-0.2, 0) is 10.3 Å². The largest absolute Gasteiger partial charge is 0.507 e. The number of phenolic OH excluding ortho intramolecular Hbond substituents is 1. The van der Waals surface area contributed by atoms with E-state index in [0.29, 0.717) is 18.4 Å². The van der Waals surface area contributed by atoms with Gasteiger partial charge in [0, 0.05) is 11.6 Å². The van der Waals surface area contributed by atoms with E-state index in [1.165, 1.54) is 12.1 Å². The van der Waals surface area contributed by atoms with Gasteiger partial charge in [0.2, 0.25) is 6.08 Å². The molecule has 16 heavy (non-hydrogen) atoms. The monoisotopic (exact) mass is 285 g/mol. The predicted molar refractivity (Wildman–Crippen MR) is 59.4 cm³/mol. The molecule has 0 unspecified atom stereocenters. The van der Waals surface area contributed by atoms with Crippen LogP contribution in [-0.4, -0.2) is 11.2 Å². The minimum Gasteiger partial charge on any atom is -0.507 e. The summed E-state index contributed by atoms with van der Waals surface area (Å²) >= 11 is 3.05. The van der Waals surface area contributed by atoms with Gasteiger partial charge in [-0.15, -0.1) is 0 Å². The summed E-state index contributed by atoms with van der Waals surface area (Å²) in [5.41, 5.74) is -0.224. The number of halogens is 2. The number of phenols is 1. The summed E-state index contributed by atoms with van der Waals surface area (Å²) in [5, 5.41) is 9.69. The van der Waals surface area contributed by atoms with Gasteiger partial charge in [0.15, 0.2) is 0 Å². The molecule has 3 nitrogen and oxygen atoms in total. The van der Waals surface area contributed by atoms with Crippen molar-refractivity contribution < 1.29 is 14.3 Å². The van der Waals surface area contributed by atoms with Gasteiger partial charge in [-0.2, -0.15) is 4.99 Å². The lowest BCUT2D eigenvalue weighted by Crippen LogP contribution is -2.32. The summed E-state index contributed by atoms with van der Waals surface area (Å²) in [7, 11) is 0. The molecule has 1 aromatic rings. The lowest BCUT2D eigenvalue weighted by molar-refractivity contribution is 0.247. The van der Waals surface area contributed by atoms with Crippen molar-refractivity contribution in [2.24, 2.45) is 4.99 Å². The van der Waals surface area contributed by atoms with Crippen LogP contribution in [0.2, 0.25) is 0 Å². The highest BCUT2D eigenvalue weighted by molar-refractivity contribution is 9.10. The first kappa shape index (κ1) is 11.3. The number of nitrogens with zero attached hydrogens (tertiary/aromatic N) is 1. The van der Waals surface area contributed by atoms with E-state index in [1.807, 2.05) is 0 Å². The third kappa shape index (κ3) is 1.66. The Bertz CT molecular complexity index is 479. The van der Waals surface area contributed by atoms with Crippen molar-refractivity contribution in [2.75, 3.05) is 0 Å². The smallest absolute Gasteiger partial charge is 0.235 e. The van der Waals surface area contributed by atoms with Crippen molar-refractivity contribution in [3.8, 4) is 5.75 Å². The molecule has 1 saturated carbocycles. The fourth-order valence-electron chi connectivity index (χ4n) is 1.95. The van der Waals surface area contributed by atoms with Crippen molar-refractivity contribution in [1.82, 2.24) is 0 Å². The molecule has 0 spiro atoms. The Morgan fingerprint density at radius 2 is 2.19 bits per heavy atom. The first-order valence-electron chi connectivity index (χ1n) is 4.86. The van der Waals surface area contributed by atoms with Crippen LogP contribution in [0, 0.1) is 5.82 Å². The fourth-order valence-corrected chi connectivity index (χ4v) is 2.29. The second kappa shape index (κ2) is 4.00. The average Bonchev–Trinajstić information content (AvgIpc) is 2.18. The van der Waals surface area contributed by atoms with Gasteiger partial charge in [-0.3, -0.25) is 0 Å². The SMILES string of the molecule is O=C=NC1(c2cc(Br)c(F)cc2O)CCC1. The van der Waals surface area contributed by atoms with E-state index in [9.17, 15) is 14.3 Å². The Kier molecular flexibility index (Phi) is 2.82. The van der Waals surface area contributed by atoms with E-state index in [-0.39, 0.29) is 10.2 Å². The van der Waals surface area contributed by atoms with E-state index in [4.69, 9.17) is 0 Å². The number of aliphatic imine (C=N–C) groups is 1. The molecule has 0 amide bonds. The minimum atomic E-state index is -0.706. The predicted octanol–water partition coefficient (Wildman–Crippen LogP) is 3.01. The van der Waals surface area contributed by atoms with Crippen LogP contribution < -0.4 is 0 Å². The van der Waals surface area contributed by atoms with Gasteiger partial charge < -0.3 is 5.11 Å². The Morgan fingerprint density at radius 1 is 1.50 bits per heavy atom. The number of rotatable bonds is 2. The van der Waals surface area contributed by atoms with Crippen molar-refractivity contribution in [3.63, 3.8) is 0 Å². The highest BCUT2D eigenvalue weighted by Gasteiger charge is 2.41. The number of benzene rings is 1. The first-order valence-corrected chi connectivity index (χ1v) is 5.66. The van der Waals surface area contributed by atoms with Crippen molar-refractivity contribution in [2.45, 2.75) is 24.8 Å². The summed E-state index contributed by atoms with van der Waals surface area (Å²) in [6.07, 6.45) is 3.80. The molecule has 1 aliphatic rings. The number of hydrogen-bond acceptors (Lipinski definition) is 3. The maximum Gasteiger partial charge on any atom is 0.235 e. The van der Waals surface area contributed by atoms with E-state index >= 15 is 0 Å². The van der Waals surface area contributed by atoms with Gasteiger partial charge in [-0.25, -0.2) is 9.18 Å². The van der Waals surface area contributed by atoms with Crippen LogP contribution in [0.25, 0.3) is 0 Å². The summed E-state index contributed by atoms with van der Waals surface area (Å²) < 4.78 is 13.4. The minimum absolute atomic E-state index is 0.167. The van der Waals surface area contributed by atoms with E-state index in [2.05, 4.69) is 20.9 Å². The van der Waals surface area contributed by atoms with Crippen LogP contribution in [0.5, 0.6) is 5.75 Å². The molecule has 0 aromatic heterocycles. The summed E-state index contributed by atoms with van der Waals surface area (Å²) in [6, 6.07) is 2.50. The molecule has 84 valence electrons. The van der Waals surface area contributed by atoms with Crippen LogP contribution in [0.15, 0.2) is 21.6 Å². The molecular formula is C11H9BrFNO2. The summed E-state index contributed by atoms with van der Waals surface area (Å²) in [5.74, 6) is -0.704. The lowest BCUT2D eigenvalue weighted by Gasteiger charge is -2.37. The first-order chi connectivity index (χ1) is 7.59. The van der Waals surface area contributed by atoms with Crippen LogP contribution in [0.1, 0.15) is 24.8 Å². The number of isocyanates is 1. The number of hydrogen-bond donors (Lipinski definition) is 1. The zero-order valence-corrected chi connectivity index (χ0v) is 9.92. The third-order valence-corrected chi connectivity index (χ3v) is 3.59. The van der Waals surface area contributed by atoms with Crippen LogP contribution in [0.4, 0.5) is 4.39 Å². The molecule has 1 aliphatic carbocycles. The molecule has 1 fully saturated rings. The van der Waals surface area contributed by atoms with Crippen molar-refractivity contribution in [3.05, 3.63) is 28.0 Å². The molecule has 0 atom stereocenters. The van der Waals surface area contributed by atoms with E-state index < -0.39 is 11.4 Å². The van der Waals surface area contributed by atoms with E-state index in [0.717, 1.165) is 12.5 Å². The fraction of sp³-hybridized carbons (Fsp3) is 0.364. The number of aromatic hydroxyl groups is 1. The molecule has 0 radical (unpaired) electrons. The summed E-state index contributed by atoms with van der Waals surface area (Å²) in [4.78, 5) is 14.1.